The van der Waals surface area contributed by atoms with Crippen LogP contribution in [0.1, 0.15) is 0 Å². The molecule has 0 atom stereocenters. The first kappa shape index (κ1) is 13.4. The van der Waals surface area contributed by atoms with Crippen LogP contribution in [0.15, 0.2) is 36.7 Å². The fourth-order valence-corrected chi connectivity index (χ4v) is 1.58. The zero-order chi connectivity index (χ0) is 14.0. The van der Waals surface area contributed by atoms with Gasteiger partial charge in [-0.1, -0.05) is 11.6 Å². The largest absolute Gasteiger partial charge is 0.471 e. The van der Waals surface area contributed by atoms with Crippen molar-refractivity contribution < 1.29 is 18.0 Å². The minimum Gasteiger partial charge on any atom is -0.316 e. The van der Waals surface area contributed by atoms with Gasteiger partial charge in [-0.3, -0.25) is 4.79 Å². The molecule has 0 radical (unpaired) electrons. The van der Waals surface area contributed by atoms with E-state index in [1.165, 1.54) is 35.3 Å². The highest BCUT2D eigenvalue weighted by Crippen LogP contribution is 2.26. The Morgan fingerprint density at radius 1 is 1.37 bits per heavy atom. The van der Waals surface area contributed by atoms with E-state index in [-0.39, 0.29) is 16.4 Å². The third-order valence-electron chi connectivity index (χ3n) is 2.22. The van der Waals surface area contributed by atoms with Crippen molar-refractivity contribution >= 4 is 23.2 Å². The van der Waals surface area contributed by atoms with Gasteiger partial charge in [-0.2, -0.15) is 18.3 Å². The first-order valence-corrected chi connectivity index (χ1v) is 5.43. The maximum Gasteiger partial charge on any atom is 0.471 e. The Hall–Kier alpha value is -2.02. The van der Waals surface area contributed by atoms with Crippen LogP contribution in [0, 0.1) is 0 Å². The molecule has 0 saturated carbocycles. The van der Waals surface area contributed by atoms with Gasteiger partial charge in [0.15, 0.2) is 0 Å². The van der Waals surface area contributed by atoms with Gasteiger partial charge >= 0.3 is 12.1 Å². The molecule has 0 aliphatic heterocycles. The number of amides is 1. The Balaban J connectivity index is 2.39. The minimum absolute atomic E-state index is 0.0708. The van der Waals surface area contributed by atoms with E-state index in [0.29, 0.717) is 0 Å². The molecule has 1 aromatic carbocycles. The Morgan fingerprint density at radius 2 is 2.11 bits per heavy atom. The molecular formula is C11H7ClF3N3O. The third kappa shape index (κ3) is 3.05. The first-order valence-electron chi connectivity index (χ1n) is 5.05. The molecule has 8 heteroatoms. The van der Waals surface area contributed by atoms with Gasteiger partial charge < -0.3 is 5.32 Å². The molecule has 1 heterocycles. The quantitative estimate of drug-likeness (QED) is 0.924. The lowest BCUT2D eigenvalue weighted by atomic mass is 10.2. The van der Waals surface area contributed by atoms with E-state index in [4.69, 9.17) is 11.6 Å². The lowest BCUT2D eigenvalue weighted by Crippen LogP contribution is -2.30. The molecule has 0 unspecified atom stereocenters. The van der Waals surface area contributed by atoms with Crippen LogP contribution < -0.4 is 5.32 Å². The van der Waals surface area contributed by atoms with Crippen molar-refractivity contribution in [3.05, 3.63) is 41.7 Å². The molecule has 1 amide bonds. The van der Waals surface area contributed by atoms with Crippen LogP contribution >= 0.6 is 11.6 Å². The number of alkyl halides is 3. The Kier molecular flexibility index (Phi) is 3.48. The summed E-state index contributed by atoms with van der Waals surface area (Å²) in [5.41, 5.74) is 0.213. The van der Waals surface area contributed by atoms with Gasteiger partial charge in [-0.05, 0) is 24.3 Å². The number of nitrogens with one attached hydrogen (secondary N) is 1. The predicted octanol–water partition coefficient (Wildman–Crippen LogP) is 3.03. The zero-order valence-corrected chi connectivity index (χ0v) is 10.0. The Bertz CT molecular complexity index is 596. The van der Waals surface area contributed by atoms with E-state index in [9.17, 15) is 18.0 Å². The topological polar surface area (TPSA) is 46.9 Å². The number of aromatic nitrogens is 2. The number of nitrogens with zero attached hydrogens (tertiary/aromatic N) is 2. The number of carbonyl (C=O) groups is 1. The number of halogens is 4. The zero-order valence-electron chi connectivity index (χ0n) is 9.28. The minimum atomic E-state index is -4.97. The van der Waals surface area contributed by atoms with E-state index in [0.717, 1.165) is 0 Å². The summed E-state index contributed by atoms with van der Waals surface area (Å²) in [7, 11) is 0. The van der Waals surface area contributed by atoms with Crippen LogP contribution in [-0.2, 0) is 4.79 Å². The summed E-state index contributed by atoms with van der Waals surface area (Å²) in [4.78, 5) is 11.0. The molecule has 0 saturated heterocycles. The summed E-state index contributed by atoms with van der Waals surface area (Å²) in [6.45, 7) is 0. The molecule has 2 rings (SSSR count). The monoisotopic (exact) mass is 289 g/mol. The second-order valence-corrected chi connectivity index (χ2v) is 4.00. The maximum absolute atomic E-state index is 12.2. The van der Waals surface area contributed by atoms with E-state index in [1.807, 2.05) is 0 Å². The van der Waals surface area contributed by atoms with Crippen molar-refractivity contribution in [2.45, 2.75) is 6.18 Å². The van der Waals surface area contributed by atoms with Gasteiger partial charge in [0, 0.05) is 17.4 Å². The molecule has 19 heavy (non-hydrogen) atoms. The predicted molar refractivity (Wildman–Crippen MR) is 63.3 cm³/mol. The third-order valence-corrected chi connectivity index (χ3v) is 2.45. The Labute approximate surface area is 110 Å². The molecule has 0 aliphatic carbocycles. The van der Waals surface area contributed by atoms with Gasteiger partial charge in [-0.15, -0.1) is 0 Å². The number of anilines is 1. The second-order valence-electron chi connectivity index (χ2n) is 3.56. The molecule has 1 aromatic heterocycles. The van der Waals surface area contributed by atoms with Crippen LogP contribution in [0.5, 0.6) is 0 Å². The molecule has 1 N–H and O–H groups in total. The lowest BCUT2D eigenvalue weighted by Gasteiger charge is -2.12. The van der Waals surface area contributed by atoms with Gasteiger partial charge in [0.1, 0.15) is 0 Å². The smallest absolute Gasteiger partial charge is 0.316 e. The number of carbonyl (C=O) groups excluding carboxylic acids is 1. The molecule has 0 bridgehead atoms. The summed E-state index contributed by atoms with van der Waals surface area (Å²) in [6.07, 6.45) is -1.97. The van der Waals surface area contributed by atoms with Crippen molar-refractivity contribution in [2.75, 3.05) is 5.32 Å². The SMILES string of the molecule is O=C(Nc1cc(Cl)ccc1-n1cccn1)C(F)(F)F. The fraction of sp³-hybridized carbons (Fsp3) is 0.0909. The second kappa shape index (κ2) is 4.93. The van der Waals surface area contributed by atoms with Crippen molar-refractivity contribution in [3.8, 4) is 5.69 Å². The fourth-order valence-electron chi connectivity index (χ4n) is 1.41. The van der Waals surface area contributed by atoms with Crippen LogP contribution in [0.4, 0.5) is 18.9 Å². The number of hydrogen-bond donors (Lipinski definition) is 1. The number of rotatable bonds is 2. The highest BCUT2D eigenvalue weighted by atomic mass is 35.5. The summed E-state index contributed by atoms with van der Waals surface area (Å²) in [6, 6.07) is 5.77. The number of benzene rings is 1. The average Bonchev–Trinajstić information content (AvgIpc) is 2.81. The highest BCUT2D eigenvalue weighted by molar-refractivity contribution is 6.31. The standard InChI is InChI=1S/C11H7ClF3N3O/c12-7-2-3-9(18-5-1-4-16-18)8(6-7)17-10(19)11(13,14)15/h1-6H,(H,17,19). The van der Waals surface area contributed by atoms with E-state index < -0.39 is 12.1 Å². The Morgan fingerprint density at radius 3 is 2.68 bits per heavy atom. The summed E-state index contributed by atoms with van der Waals surface area (Å²) in [5.74, 6) is -2.07. The number of hydrogen-bond acceptors (Lipinski definition) is 2. The van der Waals surface area contributed by atoms with Crippen LogP contribution in [0.25, 0.3) is 5.69 Å². The van der Waals surface area contributed by atoms with Crippen LogP contribution in [0.3, 0.4) is 0 Å². The molecule has 0 aliphatic rings. The van der Waals surface area contributed by atoms with Gasteiger partial charge in [-0.25, -0.2) is 4.68 Å². The molecule has 4 nitrogen and oxygen atoms in total. The normalized spacial score (nSPS) is 11.4. The van der Waals surface area contributed by atoms with Gasteiger partial charge in [0.25, 0.3) is 0 Å². The van der Waals surface area contributed by atoms with Crippen molar-refractivity contribution in [1.82, 2.24) is 9.78 Å². The van der Waals surface area contributed by atoms with E-state index in [1.54, 1.807) is 11.4 Å². The molecule has 0 spiro atoms. The molecular weight excluding hydrogens is 283 g/mol. The highest BCUT2D eigenvalue weighted by Gasteiger charge is 2.39. The summed E-state index contributed by atoms with van der Waals surface area (Å²) < 4.78 is 38.0. The molecule has 100 valence electrons. The van der Waals surface area contributed by atoms with Crippen molar-refractivity contribution in [1.29, 1.82) is 0 Å². The average molecular weight is 290 g/mol. The maximum atomic E-state index is 12.2. The first-order chi connectivity index (χ1) is 8.88. The van der Waals surface area contributed by atoms with E-state index in [2.05, 4.69) is 5.10 Å². The van der Waals surface area contributed by atoms with Crippen molar-refractivity contribution in [3.63, 3.8) is 0 Å². The van der Waals surface area contributed by atoms with Crippen LogP contribution in [0.2, 0.25) is 5.02 Å². The lowest BCUT2D eigenvalue weighted by molar-refractivity contribution is -0.167. The summed E-state index contributed by atoms with van der Waals surface area (Å²) >= 11 is 5.71. The van der Waals surface area contributed by atoms with E-state index >= 15 is 0 Å². The van der Waals surface area contributed by atoms with Crippen LogP contribution in [-0.4, -0.2) is 21.9 Å². The molecule has 2 aromatic rings. The molecule has 0 fully saturated rings. The summed E-state index contributed by atoms with van der Waals surface area (Å²) in [5, 5.41) is 5.86. The van der Waals surface area contributed by atoms with Gasteiger partial charge in [0.05, 0.1) is 11.4 Å². The van der Waals surface area contributed by atoms with Crippen molar-refractivity contribution in [2.24, 2.45) is 0 Å². The van der Waals surface area contributed by atoms with Gasteiger partial charge in [0.2, 0.25) is 0 Å².